The zero-order chi connectivity index (χ0) is 29.8. The first-order chi connectivity index (χ1) is 19.5. The molecule has 0 bridgehead atoms. The zero-order valence-electron chi connectivity index (χ0n) is 22.3. The number of nitrogens with zero attached hydrogens (tertiary/aromatic N) is 1. The number of anilines is 1. The van der Waals surface area contributed by atoms with E-state index < -0.39 is 46.8 Å². The first-order valence-electron chi connectivity index (χ1n) is 12.8. The lowest BCUT2D eigenvalue weighted by Crippen LogP contribution is -2.43. The van der Waals surface area contributed by atoms with Gasteiger partial charge in [0.15, 0.2) is 29.6 Å². The average Bonchev–Trinajstić information content (AvgIpc) is 2.97. The van der Waals surface area contributed by atoms with Crippen molar-refractivity contribution in [3.63, 3.8) is 0 Å². The highest BCUT2D eigenvalue weighted by atomic mass is 19.2. The molecule has 1 heterocycles. The molecule has 1 aliphatic heterocycles. The SMILES string of the molecule is C=CCN(C)C[C@@H]1O[C@H](c2ccc(NC(=O)c3c(F)c(F)c(F)c(F)c3F)cc2)O[C@H](c2ccc(CO)cc2)[C@@H]1C. The van der Waals surface area contributed by atoms with Crippen molar-refractivity contribution in [1.29, 1.82) is 0 Å². The van der Waals surface area contributed by atoms with E-state index in [1.54, 1.807) is 18.2 Å². The zero-order valence-corrected chi connectivity index (χ0v) is 22.3. The molecule has 11 heteroatoms. The second kappa shape index (κ2) is 12.9. The van der Waals surface area contributed by atoms with Gasteiger partial charge < -0.3 is 24.8 Å². The molecule has 3 aromatic rings. The van der Waals surface area contributed by atoms with Crippen LogP contribution in [-0.4, -0.2) is 42.2 Å². The van der Waals surface area contributed by atoms with Gasteiger partial charge in [-0.1, -0.05) is 49.4 Å². The number of amides is 1. The van der Waals surface area contributed by atoms with Crippen LogP contribution in [-0.2, 0) is 16.1 Å². The van der Waals surface area contributed by atoms with Gasteiger partial charge in [-0.15, -0.1) is 6.58 Å². The van der Waals surface area contributed by atoms with Crippen LogP contribution in [0.3, 0.4) is 0 Å². The van der Waals surface area contributed by atoms with Crippen LogP contribution in [0.1, 0.15) is 46.4 Å². The molecule has 41 heavy (non-hydrogen) atoms. The van der Waals surface area contributed by atoms with E-state index in [1.165, 1.54) is 12.1 Å². The first-order valence-corrected chi connectivity index (χ1v) is 12.8. The summed E-state index contributed by atoms with van der Waals surface area (Å²) in [6.07, 6.45) is 0.342. The Labute approximate surface area is 234 Å². The Balaban J connectivity index is 1.56. The predicted molar refractivity (Wildman–Crippen MR) is 141 cm³/mol. The van der Waals surface area contributed by atoms with Gasteiger partial charge >= 0.3 is 0 Å². The third kappa shape index (κ3) is 6.48. The van der Waals surface area contributed by atoms with Crippen LogP contribution < -0.4 is 5.32 Å². The third-order valence-electron chi connectivity index (χ3n) is 6.93. The number of aliphatic hydroxyl groups excluding tert-OH is 1. The number of benzene rings is 3. The number of hydrogen-bond donors (Lipinski definition) is 2. The number of likely N-dealkylation sites (N-methyl/N-ethyl adjacent to an activating group) is 1. The second-order valence-corrected chi connectivity index (χ2v) is 9.85. The fourth-order valence-corrected chi connectivity index (χ4v) is 4.65. The number of halogens is 5. The van der Waals surface area contributed by atoms with Crippen LogP contribution in [0.2, 0.25) is 0 Å². The van der Waals surface area contributed by atoms with Crippen molar-refractivity contribution in [3.05, 3.63) is 113 Å². The van der Waals surface area contributed by atoms with Gasteiger partial charge in [-0.3, -0.25) is 4.79 Å². The fraction of sp³-hybridized carbons (Fsp3) is 0.300. The van der Waals surface area contributed by atoms with E-state index in [4.69, 9.17) is 9.47 Å². The van der Waals surface area contributed by atoms with Crippen LogP contribution in [0.4, 0.5) is 27.6 Å². The minimum Gasteiger partial charge on any atom is -0.392 e. The van der Waals surface area contributed by atoms with Gasteiger partial charge in [0.1, 0.15) is 5.56 Å². The van der Waals surface area contributed by atoms with E-state index in [0.29, 0.717) is 18.7 Å². The van der Waals surface area contributed by atoms with Crippen LogP contribution in [0.5, 0.6) is 0 Å². The largest absolute Gasteiger partial charge is 0.392 e. The summed E-state index contributed by atoms with van der Waals surface area (Å²) in [6, 6.07) is 13.3. The van der Waals surface area contributed by atoms with E-state index in [-0.39, 0.29) is 30.4 Å². The van der Waals surface area contributed by atoms with Crippen molar-refractivity contribution < 1.29 is 41.3 Å². The van der Waals surface area contributed by atoms with Gasteiger partial charge in [-0.05, 0) is 30.3 Å². The first kappa shape index (κ1) is 30.3. The molecule has 1 saturated heterocycles. The molecule has 0 radical (unpaired) electrons. The monoisotopic (exact) mass is 576 g/mol. The lowest BCUT2D eigenvalue weighted by molar-refractivity contribution is -0.275. The van der Waals surface area contributed by atoms with E-state index in [2.05, 4.69) is 16.8 Å². The molecule has 4 rings (SSSR count). The number of nitrogens with one attached hydrogen (secondary N) is 1. The van der Waals surface area contributed by atoms with Crippen molar-refractivity contribution in [1.82, 2.24) is 4.90 Å². The van der Waals surface area contributed by atoms with Gasteiger partial charge in [-0.25, -0.2) is 22.0 Å². The van der Waals surface area contributed by atoms with E-state index in [1.807, 2.05) is 38.2 Å². The lowest BCUT2D eigenvalue weighted by atomic mass is 9.90. The Morgan fingerprint density at radius 2 is 1.49 bits per heavy atom. The molecule has 0 aliphatic carbocycles. The smallest absolute Gasteiger partial charge is 0.261 e. The molecule has 1 aliphatic rings. The number of ether oxygens (including phenoxy) is 2. The van der Waals surface area contributed by atoms with Gasteiger partial charge in [0.05, 0.1) is 18.8 Å². The van der Waals surface area contributed by atoms with Crippen molar-refractivity contribution in [3.8, 4) is 0 Å². The number of carbonyl (C=O) groups excluding carboxylic acids is 1. The molecular formula is C30H29F5N2O4. The normalized spacial score (nSPS) is 20.7. The maximum absolute atomic E-state index is 14.1. The van der Waals surface area contributed by atoms with Gasteiger partial charge in [0.25, 0.3) is 5.91 Å². The predicted octanol–water partition coefficient (Wildman–Crippen LogP) is 6.04. The molecule has 0 unspecified atom stereocenters. The molecule has 4 atom stereocenters. The number of hydrogen-bond acceptors (Lipinski definition) is 5. The molecule has 0 aromatic heterocycles. The third-order valence-corrected chi connectivity index (χ3v) is 6.93. The van der Waals surface area contributed by atoms with Crippen LogP contribution in [0.15, 0.2) is 61.2 Å². The van der Waals surface area contributed by atoms with Gasteiger partial charge in [-0.2, -0.15) is 0 Å². The average molecular weight is 577 g/mol. The summed E-state index contributed by atoms with van der Waals surface area (Å²) in [4.78, 5) is 14.5. The molecule has 1 fully saturated rings. The Morgan fingerprint density at radius 3 is 2.05 bits per heavy atom. The van der Waals surface area contributed by atoms with Crippen molar-refractivity contribution >= 4 is 11.6 Å². The van der Waals surface area contributed by atoms with Crippen molar-refractivity contribution in [2.45, 2.75) is 32.0 Å². The summed E-state index contributed by atoms with van der Waals surface area (Å²) in [5.41, 5.74) is 0.687. The molecule has 6 nitrogen and oxygen atoms in total. The van der Waals surface area contributed by atoms with Crippen LogP contribution in [0.25, 0.3) is 0 Å². The molecule has 3 aromatic carbocycles. The topological polar surface area (TPSA) is 71.0 Å². The van der Waals surface area contributed by atoms with E-state index >= 15 is 0 Å². The van der Waals surface area contributed by atoms with Crippen molar-refractivity contribution in [2.75, 3.05) is 25.5 Å². The quantitative estimate of drug-likeness (QED) is 0.141. The highest BCUT2D eigenvalue weighted by molar-refractivity contribution is 6.04. The van der Waals surface area contributed by atoms with Gasteiger partial charge in [0.2, 0.25) is 5.82 Å². The number of rotatable bonds is 9. The standard InChI is InChI=1S/C30H29F5N2O4/c1-4-13-37(3)14-21-16(2)28(18-7-5-17(15-38)6-8-18)41-30(40-21)19-9-11-20(12-10-19)36-29(39)22-23(31)25(33)27(35)26(34)24(22)32/h4-12,16,21,28,30,38H,1,13-15H2,2-3H3,(H,36,39)/t16-,21+,28+,30+/m1/s1. The Hall–Kier alpha value is -3.64. The fourth-order valence-electron chi connectivity index (χ4n) is 4.65. The molecule has 218 valence electrons. The summed E-state index contributed by atoms with van der Waals surface area (Å²) >= 11 is 0. The summed E-state index contributed by atoms with van der Waals surface area (Å²) in [5.74, 6) is -12.8. The van der Waals surface area contributed by atoms with Crippen LogP contribution >= 0.6 is 0 Å². The lowest BCUT2D eigenvalue weighted by Gasteiger charge is -2.42. The number of aliphatic hydroxyl groups is 1. The summed E-state index contributed by atoms with van der Waals surface area (Å²) in [5, 5.41) is 11.6. The molecular weight excluding hydrogens is 547 g/mol. The molecule has 1 amide bonds. The van der Waals surface area contributed by atoms with E-state index in [0.717, 1.165) is 11.1 Å². The Bertz CT molecular complexity index is 1370. The second-order valence-electron chi connectivity index (χ2n) is 9.85. The maximum atomic E-state index is 14.1. The molecule has 0 saturated carbocycles. The molecule has 0 spiro atoms. The van der Waals surface area contributed by atoms with Crippen LogP contribution in [0, 0.1) is 35.0 Å². The highest BCUT2D eigenvalue weighted by Crippen LogP contribution is 2.42. The summed E-state index contributed by atoms with van der Waals surface area (Å²) in [7, 11) is 1.94. The van der Waals surface area contributed by atoms with E-state index in [9.17, 15) is 31.9 Å². The number of carbonyl (C=O) groups is 1. The van der Waals surface area contributed by atoms with Gasteiger partial charge in [0, 0.05) is 30.3 Å². The minimum atomic E-state index is -2.35. The highest BCUT2D eigenvalue weighted by Gasteiger charge is 2.39. The maximum Gasteiger partial charge on any atom is 0.261 e. The molecule has 2 N–H and O–H groups in total. The summed E-state index contributed by atoms with van der Waals surface area (Å²) < 4.78 is 81.2. The summed E-state index contributed by atoms with van der Waals surface area (Å²) in [6.45, 7) is 6.92. The Morgan fingerprint density at radius 1 is 0.927 bits per heavy atom. The minimum absolute atomic E-state index is 0.0466. The Kier molecular flexibility index (Phi) is 9.54. The van der Waals surface area contributed by atoms with Crippen molar-refractivity contribution in [2.24, 2.45) is 5.92 Å².